The molecule has 1 aromatic carbocycles. The van der Waals surface area contributed by atoms with Crippen molar-refractivity contribution in [1.29, 1.82) is 0 Å². The van der Waals surface area contributed by atoms with E-state index >= 15 is 0 Å². The number of benzene rings is 1. The lowest BCUT2D eigenvalue weighted by Gasteiger charge is -2.19. The maximum absolute atomic E-state index is 11.7. The first kappa shape index (κ1) is 16.7. The quantitative estimate of drug-likeness (QED) is 0.602. The first-order valence-corrected chi connectivity index (χ1v) is 7.27. The fraction of sp³-hybridized carbons (Fsp3) is 0.562. The summed E-state index contributed by atoms with van der Waals surface area (Å²) in [4.78, 5) is 11.7. The highest BCUT2D eigenvalue weighted by atomic mass is 16.3. The zero-order valence-electron chi connectivity index (χ0n) is 12.4. The van der Waals surface area contributed by atoms with E-state index in [-0.39, 0.29) is 17.9 Å². The molecule has 2 unspecified atom stereocenters. The van der Waals surface area contributed by atoms with Crippen LogP contribution in [0.4, 0.5) is 0 Å². The van der Waals surface area contributed by atoms with Gasteiger partial charge in [0.15, 0.2) is 0 Å². The van der Waals surface area contributed by atoms with E-state index in [1.807, 2.05) is 37.4 Å². The number of amides is 1. The van der Waals surface area contributed by atoms with Crippen molar-refractivity contribution in [3.8, 4) is 0 Å². The topological polar surface area (TPSA) is 61.4 Å². The second kappa shape index (κ2) is 9.50. The van der Waals surface area contributed by atoms with Crippen LogP contribution in [0.3, 0.4) is 0 Å². The molecule has 0 heterocycles. The zero-order valence-corrected chi connectivity index (χ0v) is 12.4. The summed E-state index contributed by atoms with van der Waals surface area (Å²) in [5, 5.41) is 15.6. The molecule has 112 valence electrons. The lowest BCUT2D eigenvalue weighted by molar-refractivity contribution is -0.121. The van der Waals surface area contributed by atoms with E-state index in [9.17, 15) is 9.90 Å². The molecule has 3 N–H and O–H groups in total. The predicted octanol–water partition coefficient (Wildman–Crippen LogP) is 1.66. The minimum absolute atomic E-state index is 0.0757. The van der Waals surface area contributed by atoms with Gasteiger partial charge in [-0.25, -0.2) is 0 Å². The van der Waals surface area contributed by atoms with Crippen molar-refractivity contribution in [2.24, 2.45) is 0 Å². The van der Waals surface area contributed by atoms with Crippen molar-refractivity contribution >= 4 is 5.91 Å². The van der Waals surface area contributed by atoms with Crippen molar-refractivity contribution in [2.75, 3.05) is 20.1 Å². The minimum Gasteiger partial charge on any atom is -0.393 e. The van der Waals surface area contributed by atoms with E-state index < -0.39 is 0 Å². The fourth-order valence-corrected chi connectivity index (χ4v) is 2.23. The molecule has 1 aromatic rings. The molecule has 0 radical (unpaired) electrons. The molecule has 1 amide bonds. The highest BCUT2D eigenvalue weighted by Crippen LogP contribution is 2.20. The van der Waals surface area contributed by atoms with Crippen LogP contribution in [0.25, 0.3) is 0 Å². The standard InChI is InChI=1S/C16H26N2O2/c1-13(19)11-15(14-7-4-3-5-8-14)12-18-16(20)9-6-10-17-2/h3-5,7-8,13,15,17,19H,6,9-12H2,1-2H3,(H,18,20). The number of aliphatic hydroxyl groups is 1. The summed E-state index contributed by atoms with van der Waals surface area (Å²) >= 11 is 0. The van der Waals surface area contributed by atoms with Gasteiger partial charge in [-0.05, 0) is 38.9 Å². The second-order valence-corrected chi connectivity index (χ2v) is 5.20. The summed E-state index contributed by atoms with van der Waals surface area (Å²) in [6.45, 7) is 3.21. The highest BCUT2D eigenvalue weighted by molar-refractivity contribution is 5.75. The molecule has 0 aliphatic heterocycles. The Labute approximate surface area is 121 Å². The van der Waals surface area contributed by atoms with E-state index in [0.29, 0.717) is 19.4 Å². The highest BCUT2D eigenvalue weighted by Gasteiger charge is 2.15. The summed E-state index contributed by atoms with van der Waals surface area (Å²) in [5.41, 5.74) is 1.16. The van der Waals surface area contributed by atoms with Crippen LogP contribution >= 0.6 is 0 Å². The maximum Gasteiger partial charge on any atom is 0.220 e. The van der Waals surface area contributed by atoms with Crippen LogP contribution in [-0.4, -0.2) is 37.3 Å². The molecular weight excluding hydrogens is 252 g/mol. The number of aliphatic hydroxyl groups excluding tert-OH is 1. The normalized spacial score (nSPS) is 13.8. The van der Waals surface area contributed by atoms with E-state index in [1.165, 1.54) is 0 Å². The van der Waals surface area contributed by atoms with Gasteiger partial charge in [0, 0.05) is 18.9 Å². The average molecular weight is 278 g/mol. The third kappa shape index (κ3) is 6.68. The van der Waals surface area contributed by atoms with Gasteiger partial charge in [0.25, 0.3) is 0 Å². The Bertz CT molecular complexity index is 379. The minimum atomic E-state index is -0.374. The number of rotatable bonds is 9. The molecule has 4 nitrogen and oxygen atoms in total. The van der Waals surface area contributed by atoms with Crippen molar-refractivity contribution in [3.63, 3.8) is 0 Å². The van der Waals surface area contributed by atoms with Gasteiger partial charge >= 0.3 is 0 Å². The number of carbonyl (C=O) groups is 1. The summed E-state index contributed by atoms with van der Waals surface area (Å²) in [7, 11) is 1.88. The molecule has 0 bridgehead atoms. The molecular formula is C16H26N2O2. The summed E-state index contributed by atoms with van der Waals surface area (Å²) < 4.78 is 0. The smallest absolute Gasteiger partial charge is 0.220 e. The van der Waals surface area contributed by atoms with Crippen LogP contribution in [0.5, 0.6) is 0 Å². The number of hydrogen-bond donors (Lipinski definition) is 3. The van der Waals surface area contributed by atoms with Crippen molar-refractivity contribution in [2.45, 2.75) is 38.2 Å². The largest absolute Gasteiger partial charge is 0.393 e. The van der Waals surface area contributed by atoms with Crippen LogP contribution in [0, 0.1) is 0 Å². The van der Waals surface area contributed by atoms with Crippen LogP contribution in [-0.2, 0) is 4.79 Å². The fourth-order valence-electron chi connectivity index (χ4n) is 2.23. The molecule has 0 aliphatic carbocycles. The Morgan fingerprint density at radius 2 is 2.00 bits per heavy atom. The Morgan fingerprint density at radius 1 is 1.30 bits per heavy atom. The molecule has 2 atom stereocenters. The predicted molar refractivity (Wildman–Crippen MR) is 81.7 cm³/mol. The molecule has 20 heavy (non-hydrogen) atoms. The first-order valence-electron chi connectivity index (χ1n) is 7.27. The first-order chi connectivity index (χ1) is 9.63. The summed E-state index contributed by atoms with van der Waals surface area (Å²) in [6.07, 6.45) is 1.66. The van der Waals surface area contributed by atoms with E-state index in [2.05, 4.69) is 10.6 Å². The van der Waals surface area contributed by atoms with Gasteiger partial charge in [0.2, 0.25) is 5.91 Å². The van der Waals surface area contributed by atoms with Crippen LogP contribution < -0.4 is 10.6 Å². The molecule has 0 aliphatic rings. The van der Waals surface area contributed by atoms with Crippen LogP contribution in [0.15, 0.2) is 30.3 Å². The Hall–Kier alpha value is -1.39. The summed E-state index contributed by atoms with van der Waals surface area (Å²) in [5.74, 6) is 0.233. The van der Waals surface area contributed by atoms with Gasteiger partial charge in [0.1, 0.15) is 0 Å². The zero-order chi connectivity index (χ0) is 14.8. The molecule has 0 saturated carbocycles. The monoisotopic (exact) mass is 278 g/mol. The van der Waals surface area contributed by atoms with Crippen molar-refractivity contribution < 1.29 is 9.90 Å². The maximum atomic E-state index is 11.7. The van der Waals surface area contributed by atoms with Gasteiger partial charge < -0.3 is 15.7 Å². The molecule has 0 fully saturated rings. The van der Waals surface area contributed by atoms with Gasteiger partial charge in [-0.15, -0.1) is 0 Å². The van der Waals surface area contributed by atoms with Crippen molar-refractivity contribution in [3.05, 3.63) is 35.9 Å². The molecule has 1 rings (SSSR count). The van der Waals surface area contributed by atoms with Gasteiger partial charge in [-0.2, -0.15) is 0 Å². The lowest BCUT2D eigenvalue weighted by atomic mass is 9.93. The number of hydrogen-bond acceptors (Lipinski definition) is 3. The number of nitrogens with one attached hydrogen (secondary N) is 2. The molecule has 4 heteroatoms. The van der Waals surface area contributed by atoms with Crippen LogP contribution in [0.1, 0.15) is 37.7 Å². The third-order valence-electron chi connectivity index (χ3n) is 3.27. The second-order valence-electron chi connectivity index (χ2n) is 5.20. The summed E-state index contributed by atoms with van der Waals surface area (Å²) in [6, 6.07) is 10.0. The third-order valence-corrected chi connectivity index (χ3v) is 3.27. The number of carbonyl (C=O) groups excluding carboxylic acids is 1. The van der Waals surface area contributed by atoms with E-state index in [1.54, 1.807) is 6.92 Å². The Balaban J connectivity index is 2.47. The molecule has 0 spiro atoms. The Morgan fingerprint density at radius 3 is 2.60 bits per heavy atom. The SMILES string of the molecule is CNCCCC(=O)NCC(CC(C)O)c1ccccc1. The lowest BCUT2D eigenvalue weighted by Crippen LogP contribution is -2.30. The average Bonchev–Trinajstić information content (AvgIpc) is 2.44. The molecule has 0 aromatic heterocycles. The van der Waals surface area contributed by atoms with Crippen molar-refractivity contribution in [1.82, 2.24) is 10.6 Å². The van der Waals surface area contributed by atoms with E-state index in [4.69, 9.17) is 0 Å². The van der Waals surface area contributed by atoms with Gasteiger partial charge in [-0.3, -0.25) is 4.79 Å². The van der Waals surface area contributed by atoms with Gasteiger partial charge in [0.05, 0.1) is 6.10 Å². The Kier molecular flexibility index (Phi) is 7.92. The van der Waals surface area contributed by atoms with E-state index in [0.717, 1.165) is 18.5 Å². The van der Waals surface area contributed by atoms with Gasteiger partial charge in [-0.1, -0.05) is 30.3 Å². The molecule has 0 saturated heterocycles. The van der Waals surface area contributed by atoms with Crippen LogP contribution in [0.2, 0.25) is 0 Å².